The van der Waals surface area contributed by atoms with Crippen LogP contribution in [0, 0.1) is 10.1 Å². The minimum absolute atomic E-state index is 0.255. The molecule has 1 aromatic heterocycles. The average Bonchev–Trinajstić information content (AvgIpc) is 2.68. The van der Waals surface area contributed by atoms with E-state index in [1.165, 1.54) is 7.05 Å². The highest BCUT2D eigenvalue weighted by Crippen LogP contribution is 2.20. The third-order valence-electron chi connectivity index (χ3n) is 2.45. The van der Waals surface area contributed by atoms with E-state index in [0.29, 0.717) is 4.90 Å². The molecular formula is C10H12F3N3O4. The van der Waals surface area contributed by atoms with E-state index in [9.17, 15) is 28.1 Å². The molecule has 0 atom stereocenters. The molecule has 0 aliphatic heterocycles. The van der Waals surface area contributed by atoms with Crippen LogP contribution in [0.2, 0.25) is 0 Å². The first-order valence-corrected chi connectivity index (χ1v) is 5.43. The summed E-state index contributed by atoms with van der Waals surface area (Å²) < 4.78 is 38.1. The summed E-state index contributed by atoms with van der Waals surface area (Å²) in [6, 6.07) is 0.892. The molecule has 0 aromatic carbocycles. The maximum atomic E-state index is 12.3. The lowest BCUT2D eigenvalue weighted by atomic mass is 10.3. The van der Waals surface area contributed by atoms with Gasteiger partial charge >= 0.3 is 6.18 Å². The van der Waals surface area contributed by atoms with Crippen molar-refractivity contribution in [3.8, 4) is 0 Å². The van der Waals surface area contributed by atoms with Crippen molar-refractivity contribution in [2.24, 2.45) is 7.05 Å². The predicted octanol–water partition coefficient (Wildman–Crippen LogP) is 0.930. The Balaban J connectivity index is 3.03. The molecule has 1 aromatic rings. The normalized spacial score (nSPS) is 11.4. The van der Waals surface area contributed by atoms with Crippen molar-refractivity contribution in [3.05, 3.63) is 28.1 Å². The van der Waals surface area contributed by atoms with Crippen LogP contribution in [-0.4, -0.2) is 51.3 Å². The Labute approximate surface area is 111 Å². The van der Waals surface area contributed by atoms with Crippen molar-refractivity contribution in [3.63, 3.8) is 0 Å². The Morgan fingerprint density at radius 1 is 1.55 bits per heavy atom. The van der Waals surface area contributed by atoms with Crippen LogP contribution >= 0.6 is 0 Å². The number of amides is 1. The van der Waals surface area contributed by atoms with Crippen LogP contribution in [0.4, 0.5) is 18.9 Å². The van der Waals surface area contributed by atoms with Crippen LogP contribution in [-0.2, 0) is 7.05 Å². The highest BCUT2D eigenvalue weighted by Gasteiger charge is 2.34. The van der Waals surface area contributed by atoms with E-state index >= 15 is 0 Å². The van der Waals surface area contributed by atoms with Crippen LogP contribution in [0.25, 0.3) is 0 Å². The van der Waals surface area contributed by atoms with Gasteiger partial charge in [-0.05, 0) is 0 Å². The maximum Gasteiger partial charge on any atom is 0.406 e. The summed E-state index contributed by atoms with van der Waals surface area (Å²) in [5.41, 5.74) is -0.652. The van der Waals surface area contributed by atoms with Crippen molar-refractivity contribution in [1.29, 1.82) is 0 Å². The molecule has 0 fully saturated rings. The molecule has 7 nitrogen and oxygen atoms in total. The Morgan fingerprint density at radius 3 is 2.55 bits per heavy atom. The second-order valence-electron chi connectivity index (χ2n) is 4.02. The molecule has 112 valence electrons. The Bertz CT molecular complexity index is 512. The van der Waals surface area contributed by atoms with Gasteiger partial charge < -0.3 is 14.6 Å². The standard InChI is InChI=1S/C10H12F3N3O4/c1-14-5-7(16(19)20)4-8(14)9(18)15(2-3-17)6-10(11,12)13/h4-5,17H,2-3,6H2,1H3. The van der Waals surface area contributed by atoms with Crippen molar-refractivity contribution in [2.45, 2.75) is 6.18 Å². The lowest BCUT2D eigenvalue weighted by Crippen LogP contribution is -2.41. The van der Waals surface area contributed by atoms with Gasteiger partial charge in [-0.15, -0.1) is 0 Å². The van der Waals surface area contributed by atoms with Crippen LogP contribution in [0.15, 0.2) is 12.3 Å². The lowest BCUT2D eigenvalue weighted by molar-refractivity contribution is -0.384. The van der Waals surface area contributed by atoms with E-state index in [-0.39, 0.29) is 5.69 Å². The van der Waals surface area contributed by atoms with Crippen LogP contribution in [0.1, 0.15) is 10.5 Å². The lowest BCUT2D eigenvalue weighted by Gasteiger charge is -2.23. The molecule has 0 saturated carbocycles. The number of nitrogens with zero attached hydrogens (tertiary/aromatic N) is 3. The molecular weight excluding hydrogens is 283 g/mol. The molecule has 1 amide bonds. The van der Waals surface area contributed by atoms with Gasteiger partial charge in [-0.25, -0.2) is 0 Å². The van der Waals surface area contributed by atoms with E-state index in [1.54, 1.807) is 0 Å². The van der Waals surface area contributed by atoms with E-state index in [2.05, 4.69) is 0 Å². The summed E-state index contributed by atoms with van der Waals surface area (Å²) in [6.07, 6.45) is -3.60. The fraction of sp³-hybridized carbons (Fsp3) is 0.500. The highest BCUT2D eigenvalue weighted by molar-refractivity contribution is 5.93. The molecule has 0 radical (unpaired) electrons. The summed E-state index contributed by atoms with van der Waals surface area (Å²) in [7, 11) is 1.31. The second kappa shape index (κ2) is 5.90. The zero-order valence-corrected chi connectivity index (χ0v) is 10.4. The number of aromatic nitrogens is 1. The molecule has 0 spiro atoms. The molecule has 1 rings (SSSR count). The fourth-order valence-electron chi connectivity index (χ4n) is 1.61. The number of nitro groups is 1. The van der Waals surface area contributed by atoms with Crippen LogP contribution < -0.4 is 0 Å². The van der Waals surface area contributed by atoms with Gasteiger partial charge in [-0.2, -0.15) is 13.2 Å². The van der Waals surface area contributed by atoms with Crippen molar-refractivity contribution in [2.75, 3.05) is 19.7 Å². The number of hydrogen-bond acceptors (Lipinski definition) is 4. The topological polar surface area (TPSA) is 88.6 Å². The van der Waals surface area contributed by atoms with E-state index in [4.69, 9.17) is 5.11 Å². The quantitative estimate of drug-likeness (QED) is 0.646. The summed E-state index contributed by atoms with van der Waals surface area (Å²) in [5.74, 6) is -1.04. The van der Waals surface area contributed by atoms with Gasteiger partial charge in [0.15, 0.2) is 0 Å². The SMILES string of the molecule is Cn1cc([N+](=O)[O-])cc1C(=O)N(CCO)CC(F)(F)F. The predicted molar refractivity (Wildman–Crippen MR) is 61.1 cm³/mol. The Kier molecular flexibility index (Phi) is 4.71. The zero-order valence-electron chi connectivity index (χ0n) is 10.4. The maximum absolute atomic E-state index is 12.3. The number of rotatable bonds is 5. The summed E-state index contributed by atoms with van der Waals surface area (Å²) in [5, 5.41) is 19.3. The number of carbonyl (C=O) groups is 1. The number of halogens is 3. The van der Waals surface area contributed by atoms with Crippen molar-refractivity contribution < 1.29 is 28.0 Å². The first-order valence-electron chi connectivity index (χ1n) is 5.43. The first kappa shape index (κ1) is 16.0. The Hall–Kier alpha value is -2.10. The largest absolute Gasteiger partial charge is 0.406 e. The molecule has 1 heterocycles. The van der Waals surface area contributed by atoms with E-state index in [1.807, 2.05) is 0 Å². The van der Waals surface area contributed by atoms with Crippen LogP contribution in [0.3, 0.4) is 0 Å². The van der Waals surface area contributed by atoms with E-state index < -0.39 is 42.4 Å². The third kappa shape index (κ3) is 3.95. The summed E-state index contributed by atoms with van der Waals surface area (Å²) in [4.78, 5) is 22.1. The monoisotopic (exact) mass is 295 g/mol. The minimum atomic E-state index is -4.62. The number of alkyl halides is 3. The van der Waals surface area contributed by atoms with Gasteiger partial charge in [-0.3, -0.25) is 14.9 Å². The van der Waals surface area contributed by atoms with Crippen molar-refractivity contribution >= 4 is 11.6 Å². The average molecular weight is 295 g/mol. The van der Waals surface area contributed by atoms with Gasteiger partial charge in [0.25, 0.3) is 11.6 Å². The third-order valence-corrected chi connectivity index (χ3v) is 2.45. The van der Waals surface area contributed by atoms with Gasteiger partial charge in [-0.1, -0.05) is 0 Å². The molecule has 20 heavy (non-hydrogen) atoms. The number of carbonyl (C=O) groups excluding carboxylic acids is 1. The summed E-state index contributed by atoms with van der Waals surface area (Å²) in [6.45, 7) is -2.70. The number of aliphatic hydroxyl groups is 1. The minimum Gasteiger partial charge on any atom is -0.395 e. The first-order chi connectivity index (χ1) is 9.15. The van der Waals surface area contributed by atoms with Crippen LogP contribution in [0.5, 0.6) is 0 Å². The molecule has 10 heteroatoms. The molecule has 0 aliphatic carbocycles. The molecule has 0 bridgehead atoms. The zero-order chi connectivity index (χ0) is 15.5. The molecule has 0 unspecified atom stereocenters. The molecule has 0 aliphatic rings. The molecule has 0 saturated heterocycles. The number of aliphatic hydroxyl groups excluding tert-OH is 1. The smallest absolute Gasteiger partial charge is 0.395 e. The van der Waals surface area contributed by atoms with Gasteiger partial charge in [0.1, 0.15) is 12.2 Å². The van der Waals surface area contributed by atoms with Gasteiger partial charge in [0.05, 0.1) is 17.7 Å². The highest BCUT2D eigenvalue weighted by atomic mass is 19.4. The van der Waals surface area contributed by atoms with Gasteiger partial charge in [0.2, 0.25) is 0 Å². The molecule has 1 N–H and O–H groups in total. The second-order valence-corrected chi connectivity index (χ2v) is 4.02. The van der Waals surface area contributed by atoms with Gasteiger partial charge in [0, 0.05) is 19.7 Å². The van der Waals surface area contributed by atoms with E-state index in [0.717, 1.165) is 16.8 Å². The van der Waals surface area contributed by atoms with Crippen molar-refractivity contribution in [1.82, 2.24) is 9.47 Å². The Morgan fingerprint density at radius 2 is 2.15 bits per heavy atom. The number of aryl methyl sites for hydroxylation is 1. The fourth-order valence-corrected chi connectivity index (χ4v) is 1.61. The number of hydrogen-bond donors (Lipinski definition) is 1. The summed E-state index contributed by atoms with van der Waals surface area (Å²) >= 11 is 0.